The molecule has 1 aromatic carbocycles. The van der Waals surface area contributed by atoms with Gasteiger partial charge in [0.2, 0.25) is 5.95 Å². The van der Waals surface area contributed by atoms with E-state index in [0.29, 0.717) is 0 Å². The van der Waals surface area contributed by atoms with Gasteiger partial charge in [-0.05, 0) is 18.2 Å². The number of nitrogens with one attached hydrogen (secondary N) is 1. The topological polar surface area (TPSA) is 56.7 Å². The van der Waals surface area contributed by atoms with Crippen LogP contribution in [0, 0.1) is 0 Å². The van der Waals surface area contributed by atoms with Gasteiger partial charge in [0.25, 0.3) is 0 Å². The highest BCUT2D eigenvalue weighted by atomic mass is 32.2. The Labute approximate surface area is 153 Å². The van der Waals surface area contributed by atoms with Gasteiger partial charge in [0, 0.05) is 62.8 Å². The Kier molecular flexibility index (Phi) is 6.50. The lowest BCUT2D eigenvalue weighted by atomic mass is 10.3. The van der Waals surface area contributed by atoms with Gasteiger partial charge in [0.15, 0.2) is 5.96 Å². The monoisotopic (exact) mass is 356 g/mol. The fourth-order valence-electron chi connectivity index (χ4n) is 2.75. The van der Waals surface area contributed by atoms with E-state index >= 15 is 0 Å². The zero-order chi connectivity index (χ0) is 17.3. The van der Waals surface area contributed by atoms with Crippen molar-refractivity contribution in [1.82, 2.24) is 20.2 Å². The molecule has 0 radical (unpaired) electrons. The molecule has 0 atom stereocenters. The summed E-state index contributed by atoms with van der Waals surface area (Å²) in [5, 5.41) is 3.47. The predicted octanol–water partition coefficient (Wildman–Crippen LogP) is 1.97. The molecule has 7 heteroatoms. The van der Waals surface area contributed by atoms with Crippen LogP contribution in [0.15, 0.2) is 58.7 Å². The van der Waals surface area contributed by atoms with Crippen LogP contribution < -0.4 is 10.2 Å². The number of anilines is 1. The van der Waals surface area contributed by atoms with E-state index in [9.17, 15) is 0 Å². The molecule has 1 aromatic heterocycles. The first-order valence-electron chi connectivity index (χ1n) is 8.52. The van der Waals surface area contributed by atoms with Gasteiger partial charge < -0.3 is 15.1 Å². The SMILES string of the molecule is CN=C(NCCSc1ccccc1)N1CCN(c2ncccn2)CC1. The number of piperazine rings is 1. The Hall–Kier alpha value is -2.28. The van der Waals surface area contributed by atoms with Crippen LogP contribution in [0.3, 0.4) is 0 Å². The molecule has 2 heterocycles. The van der Waals surface area contributed by atoms with Gasteiger partial charge in [-0.3, -0.25) is 4.99 Å². The minimum Gasteiger partial charge on any atom is -0.355 e. The molecule has 0 unspecified atom stereocenters. The van der Waals surface area contributed by atoms with Crippen LogP contribution in [0.2, 0.25) is 0 Å². The first-order chi connectivity index (χ1) is 12.4. The van der Waals surface area contributed by atoms with Crippen LogP contribution in [0.4, 0.5) is 5.95 Å². The second-order valence-electron chi connectivity index (χ2n) is 5.66. The molecule has 1 saturated heterocycles. The minimum atomic E-state index is 0.810. The number of aliphatic imine (C=N–C) groups is 1. The average molecular weight is 356 g/mol. The second kappa shape index (κ2) is 9.27. The highest BCUT2D eigenvalue weighted by molar-refractivity contribution is 7.99. The summed E-state index contributed by atoms with van der Waals surface area (Å²) in [6.07, 6.45) is 3.58. The van der Waals surface area contributed by atoms with Crippen LogP contribution in [0.1, 0.15) is 0 Å². The van der Waals surface area contributed by atoms with E-state index in [4.69, 9.17) is 0 Å². The van der Waals surface area contributed by atoms with Gasteiger partial charge in [-0.25, -0.2) is 9.97 Å². The van der Waals surface area contributed by atoms with E-state index < -0.39 is 0 Å². The molecular weight excluding hydrogens is 332 g/mol. The third kappa shape index (κ3) is 5.09. The Morgan fingerprint density at radius 3 is 2.48 bits per heavy atom. The van der Waals surface area contributed by atoms with Gasteiger partial charge in [-0.2, -0.15) is 0 Å². The van der Waals surface area contributed by atoms with Crippen molar-refractivity contribution < 1.29 is 0 Å². The van der Waals surface area contributed by atoms with Crippen LogP contribution in [0.5, 0.6) is 0 Å². The van der Waals surface area contributed by atoms with Crippen LogP contribution in [-0.2, 0) is 0 Å². The molecule has 0 amide bonds. The summed E-state index contributed by atoms with van der Waals surface area (Å²) in [4.78, 5) is 18.9. The summed E-state index contributed by atoms with van der Waals surface area (Å²) in [7, 11) is 1.85. The number of benzene rings is 1. The molecule has 3 rings (SSSR count). The maximum Gasteiger partial charge on any atom is 0.225 e. The van der Waals surface area contributed by atoms with Crippen LogP contribution in [0.25, 0.3) is 0 Å². The molecule has 25 heavy (non-hydrogen) atoms. The average Bonchev–Trinajstić information content (AvgIpc) is 2.70. The Morgan fingerprint density at radius 2 is 1.80 bits per heavy atom. The summed E-state index contributed by atoms with van der Waals surface area (Å²) >= 11 is 1.86. The smallest absolute Gasteiger partial charge is 0.225 e. The van der Waals surface area contributed by atoms with Crippen LogP contribution >= 0.6 is 11.8 Å². The van der Waals surface area contributed by atoms with Crippen LogP contribution in [-0.4, -0.2) is 66.4 Å². The predicted molar refractivity (Wildman–Crippen MR) is 104 cm³/mol. The second-order valence-corrected chi connectivity index (χ2v) is 6.83. The molecule has 2 aromatic rings. The van der Waals surface area contributed by atoms with Crippen molar-refractivity contribution in [3.63, 3.8) is 0 Å². The van der Waals surface area contributed by atoms with E-state index in [2.05, 4.69) is 54.3 Å². The number of rotatable bonds is 5. The van der Waals surface area contributed by atoms with Gasteiger partial charge in [-0.1, -0.05) is 18.2 Å². The summed E-state index contributed by atoms with van der Waals surface area (Å²) in [5.41, 5.74) is 0. The molecule has 0 saturated carbocycles. The van der Waals surface area contributed by atoms with Crippen molar-refractivity contribution in [3.8, 4) is 0 Å². The number of hydrogen-bond acceptors (Lipinski definition) is 5. The first-order valence-corrected chi connectivity index (χ1v) is 9.51. The van der Waals surface area contributed by atoms with E-state index in [0.717, 1.165) is 50.4 Å². The molecule has 1 aliphatic heterocycles. The van der Waals surface area contributed by atoms with E-state index in [1.54, 1.807) is 12.4 Å². The Morgan fingerprint density at radius 1 is 1.08 bits per heavy atom. The molecule has 0 spiro atoms. The summed E-state index contributed by atoms with van der Waals surface area (Å²) in [6, 6.07) is 12.3. The number of thioether (sulfide) groups is 1. The Balaban J connectivity index is 1.42. The Bertz CT molecular complexity index is 656. The fraction of sp³-hybridized carbons (Fsp3) is 0.389. The third-order valence-corrected chi connectivity index (χ3v) is 5.04. The van der Waals surface area contributed by atoms with Gasteiger partial charge in [-0.15, -0.1) is 11.8 Å². The van der Waals surface area contributed by atoms with Crippen molar-refractivity contribution in [1.29, 1.82) is 0 Å². The zero-order valence-corrected chi connectivity index (χ0v) is 15.3. The van der Waals surface area contributed by atoms with E-state index in [1.807, 2.05) is 30.9 Å². The molecule has 1 N–H and O–H groups in total. The standard InChI is InChI=1S/C18H24N6S/c1-19-17(22-10-15-25-16-6-3-2-4-7-16)23-11-13-24(14-12-23)18-20-8-5-9-21-18/h2-9H,10-15H2,1H3,(H,19,22). The van der Waals surface area contributed by atoms with Gasteiger partial charge >= 0.3 is 0 Å². The highest BCUT2D eigenvalue weighted by Gasteiger charge is 2.20. The lowest BCUT2D eigenvalue weighted by Crippen LogP contribution is -2.53. The molecule has 1 fully saturated rings. The molecule has 0 bridgehead atoms. The van der Waals surface area contributed by atoms with Gasteiger partial charge in [0.1, 0.15) is 0 Å². The summed E-state index contributed by atoms with van der Waals surface area (Å²) in [5.74, 6) is 2.80. The number of guanidine groups is 1. The third-order valence-electron chi connectivity index (χ3n) is 4.02. The van der Waals surface area contributed by atoms with Gasteiger partial charge in [0.05, 0.1) is 0 Å². The fourth-order valence-corrected chi connectivity index (χ4v) is 3.54. The molecule has 6 nitrogen and oxygen atoms in total. The normalized spacial score (nSPS) is 15.3. The van der Waals surface area contributed by atoms with E-state index in [1.165, 1.54) is 4.90 Å². The first kappa shape index (κ1) is 17.5. The summed E-state index contributed by atoms with van der Waals surface area (Å²) in [6.45, 7) is 4.55. The minimum absolute atomic E-state index is 0.810. The quantitative estimate of drug-likeness (QED) is 0.383. The number of nitrogens with zero attached hydrogens (tertiary/aromatic N) is 5. The van der Waals surface area contributed by atoms with Crippen molar-refractivity contribution >= 4 is 23.7 Å². The van der Waals surface area contributed by atoms with Crippen molar-refractivity contribution in [2.75, 3.05) is 50.4 Å². The number of hydrogen-bond donors (Lipinski definition) is 1. The zero-order valence-electron chi connectivity index (χ0n) is 14.5. The number of aromatic nitrogens is 2. The largest absolute Gasteiger partial charge is 0.355 e. The maximum atomic E-state index is 4.43. The van der Waals surface area contributed by atoms with Crippen molar-refractivity contribution in [3.05, 3.63) is 48.8 Å². The lowest BCUT2D eigenvalue weighted by molar-refractivity contribution is 0.371. The van der Waals surface area contributed by atoms with Crippen molar-refractivity contribution in [2.24, 2.45) is 4.99 Å². The van der Waals surface area contributed by atoms with Crippen molar-refractivity contribution in [2.45, 2.75) is 4.90 Å². The highest BCUT2D eigenvalue weighted by Crippen LogP contribution is 2.16. The maximum absolute atomic E-state index is 4.43. The molecule has 132 valence electrons. The lowest BCUT2D eigenvalue weighted by Gasteiger charge is -2.36. The summed E-state index contributed by atoms with van der Waals surface area (Å²) < 4.78 is 0. The molecular formula is C18H24N6S. The molecule has 1 aliphatic rings. The van der Waals surface area contributed by atoms with E-state index in [-0.39, 0.29) is 0 Å². The molecule has 0 aliphatic carbocycles.